The fourth-order valence-corrected chi connectivity index (χ4v) is 11.5. The second-order valence-corrected chi connectivity index (χ2v) is 20.5. The highest BCUT2D eigenvalue weighted by Gasteiger charge is 2.46. The summed E-state index contributed by atoms with van der Waals surface area (Å²) in [5.74, 6) is 0. The summed E-state index contributed by atoms with van der Waals surface area (Å²) in [5, 5.41) is 1.14. The van der Waals surface area contributed by atoms with Gasteiger partial charge in [-0.3, -0.25) is 0 Å². The summed E-state index contributed by atoms with van der Waals surface area (Å²) >= 11 is 0. The van der Waals surface area contributed by atoms with Crippen molar-refractivity contribution in [1.29, 1.82) is 0 Å². The Labute approximate surface area is 503 Å². The first-order chi connectivity index (χ1) is 49.7. The van der Waals surface area contributed by atoms with Gasteiger partial charge in [-0.15, -0.1) is 0 Å². The summed E-state index contributed by atoms with van der Waals surface area (Å²) in [6.45, 7) is 4.76. The van der Waals surface area contributed by atoms with E-state index in [-0.39, 0.29) is 39.4 Å². The summed E-state index contributed by atoms with van der Waals surface area (Å²) in [5.41, 5.74) is -1.73. The van der Waals surface area contributed by atoms with Crippen LogP contribution in [0.1, 0.15) is 60.6 Å². The fraction of sp³-hybridized carbons (Fsp3) is 0.0526. The lowest BCUT2D eigenvalue weighted by Gasteiger charge is -2.46. The van der Waals surface area contributed by atoms with Gasteiger partial charge in [-0.2, -0.15) is 0 Å². The van der Waals surface area contributed by atoms with Crippen LogP contribution in [-0.4, -0.2) is 6.71 Å². The molecule has 0 spiro atoms. The number of furan rings is 1. The molecule has 4 heteroatoms. The molecule has 1 aromatic heterocycles. The topological polar surface area (TPSA) is 19.6 Å². The normalized spacial score (nSPS) is 17.0. The number of benzene rings is 12. The minimum absolute atomic E-state index is 0.0320. The molecule has 0 radical (unpaired) electrons. The van der Waals surface area contributed by atoms with Crippen LogP contribution < -0.4 is 26.2 Å². The zero-order valence-corrected chi connectivity index (χ0v) is 43.0. The van der Waals surface area contributed by atoms with Crippen LogP contribution in [0.4, 0.5) is 34.1 Å². The van der Waals surface area contributed by atoms with Gasteiger partial charge in [-0.25, -0.2) is 0 Å². The quantitative estimate of drug-likeness (QED) is 0.141. The van der Waals surface area contributed by atoms with E-state index in [0.29, 0.717) is 49.5 Å². The maximum atomic E-state index is 10.3. The zero-order valence-electron chi connectivity index (χ0n) is 68.0. The van der Waals surface area contributed by atoms with Crippen molar-refractivity contribution in [2.24, 2.45) is 0 Å². The Kier molecular flexibility index (Phi) is 6.66. The highest BCUT2D eigenvalue weighted by Crippen LogP contribution is 2.55. The predicted molar refractivity (Wildman–Crippen MR) is 339 cm³/mol. The van der Waals surface area contributed by atoms with Crippen LogP contribution in [0.5, 0.6) is 0 Å². The van der Waals surface area contributed by atoms with Crippen LogP contribution in [0.3, 0.4) is 0 Å². The molecular weight excluding hydrogens is 968 g/mol. The summed E-state index contributed by atoms with van der Waals surface area (Å²) in [6.07, 6.45) is 0. The molecule has 15 rings (SSSR count). The van der Waals surface area contributed by atoms with Crippen molar-refractivity contribution < 1.29 is 38.7 Å². The molecule has 2 aliphatic rings. The molecule has 80 heavy (non-hydrogen) atoms. The van der Waals surface area contributed by atoms with Gasteiger partial charge in [0.15, 0.2) is 0 Å². The van der Waals surface area contributed by atoms with Crippen molar-refractivity contribution in [3.05, 3.63) is 284 Å². The first kappa shape index (κ1) is 28.1. The van der Waals surface area contributed by atoms with Crippen molar-refractivity contribution in [3.8, 4) is 66.8 Å². The lowest BCUT2D eigenvalue weighted by molar-refractivity contribution is 0.592. The molecule has 0 saturated heterocycles. The average molecular weight is 1050 g/mol. The highest BCUT2D eigenvalue weighted by molar-refractivity contribution is 7.00. The Morgan fingerprint density at radius 2 is 0.825 bits per heavy atom. The SMILES string of the molecule is [2H]c1cc(-c2c([2H])c([2H])c([2H])c(-c3c([2H])c([2H])c([2H])c([2H])c3[2H])c2N2c3cc4oc5ccccc5c4cc3B3c4cc(-c5ccccc5)c(C(C)(C)C)cc4N(c4c(-c5c([2H])c([2H])c([2H])c([2H])c5[2H])c([2H])c([2H])c([2H])c4-c4c([2H])c([2H])c([2H])c([2H])c4[2H])c4cc(-c5ccccc5)cc2c43)c([2H])c([2H])c1[2H]. The second-order valence-electron chi connectivity index (χ2n) is 20.5. The molecule has 0 fully saturated rings. The minimum atomic E-state index is -1.15. The number of hydrogen-bond donors (Lipinski definition) is 0. The molecule has 13 aromatic rings. The maximum absolute atomic E-state index is 10.3. The van der Waals surface area contributed by atoms with E-state index < -0.39 is 219 Å². The second kappa shape index (κ2) is 18.9. The van der Waals surface area contributed by atoms with Gasteiger partial charge in [0, 0.05) is 61.8 Å². The number of rotatable bonds is 8. The van der Waals surface area contributed by atoms with E-state index in [1.807, 2.05) is 81.4 Å². The number of para-hydroxylation sites is 3. The molecule has 378 valence electrons. The van der Waals surface area contributed by atoms with Crippen LogP contribution in [0.15, 0.2) is 283 Å². The van der Waals surface area contributed by atoms with E-state index >= 15 is 0 Å². The molecule has 0 amide bonds. The van der Waals surface area contributed by atoms with Crippen molar-refractivity contribution in [1.82, 2.24) is 0 Å². The van der Waals surface area contributed by atoms with E-state index in [4.69, 9.17) is 11.3 Å². The third kappa shape index (κ3) is 7.74. The van der Waals surface area contributed by atoms with E-state index in [2.05, 4.69) is 0 Å². The highest BCUT2D eigenvalue weighted by atomic mass is 16.3. The number of hydrogen-bond acceptors (Lipinski definition) is 3. The van der Waals surface area contributed by atoms with Gasteiger partial charge in [0.05, 0.1) is 45.6 Å². The minimum Gasteiger partial charge on any atom is -0.456 e. The van der Waals surface area contributed by atoms with E-state index in [9.17, 15) is 27.4 Å². The standard InChI is InChI=1S/C76H55BN2O/c1-76(2,3)64-48-67-65(46-62(64)55-36-20-9-21-37-55)77-66-47-63-61-38-22-23-43-71(61)80-72(63)49-68(66)79(75-59(53-32-16-7-17-33-53)41-25-42-60(75)54-34-18-8-19-35-54)70-45-56(50-26-10-4-11-27-50)44-69(73(70)77)78(67)74-57(51-28-12-5-13-29-51)39-24-40-58(74)52-30-14-6-15-31-52/h4-49H,1-3H3/i5D,6D,7D,8D,12D,13D,14D,15D,16D,17D,18D,19D,24D,25D,28D,29D,30D,31D,32D,33D,34D,39D,40D,41D,42D. The molecule has 2 aliphatic heterocycles. The first-order valence-corrected chi connectivity index (χ1v) is 25.8. The molecule has 3 nitrogen and oxygen atoms in total. The summed E-state index contributed by atoms with van der Waals surface area (Å²) < 4.78 is 245. The van der Waals surface area contributed by atoms with Crippen molar-refractivity contribution in [2.45, 2.75) is 26.2 Å². The van der Waals surface area contributed by atoms with Gasteiger partial charge in [-0.05, 0) is 96.1 Å². The Morgan fingerprint density at radius 1 is 0.350 bits per heavy atom. The van der Waals surface area contributed by atoms with Crippen LogP contribution in [-0.2, 0) is 5.41 Å². The Balaban J connectivity index is 1.27. The zero-order chi connectivity index (χ0) is 75.2. The summed E-state index contributed by atoms with van der Waals surface area (Å²) in [4.78, 5) is 3.07. The fourth-order valence-electron chi connectivity index (χ4n) is 11.5. The van der Waals surface area contributed by atoms with E-state index in [1.54, 1.807) is 65.6 Å². The molecule has 0 aliphatic carbocycles. The number of anilines is 6. The van der Waals surface area contributed by atoms with Crippen LogP contribution in [0.25, 0.3) is 88.7 Å². The molecule has 3 heterocycles. The molecule has 0 N–H and O–H groups in total. The average Bonchev–Trinajstić information content (AvgIpc) is 1.20. The van der Waals surface area contributed by atoms with E-state index in [1.165, 1.54) is 4.90 Å². The van der Waals surface area contributed by atoms with Gasteiger partial charge >= 0.3 is 0 Å². The van der Waals surface area contributed by atoms with Crippen LogP contribution >= 0.6 is 0 Å². The molecule has 0 saturated carbocycles. The van der Waals surface area contributed by atoms with Gasteiger partial charge in [0.2, 0.25) is 0 Å². The van der Waals surface area contributed by atoms with Crippen molar-refractivity contribution >= 4 is 79.2 Å². The Morgan fingerprint density at radius 3 is 1.39 bits per heavy atom. The third-order valence-electron chi connectivity index (χ3n) is 14.9. The molecule has 12 aromatic carbocycles. The van der Waals surface area contributed by atoms with Crippen LogP contribution in [0.2, 0.25) is 0 Å². The lowest BCUT2D eigenvalue weighted by atomic mass is 9.33. The largest absolute Gasteiger partial charge is 0.456 e. The first-order valence-electron chi connectivity index (χ1n) is 38.3. The van der Waals surface area contributed by atoms with Crippen LogP contribution in [0, 0.1) is 0 Å². The van der Waals surface area contributed by atoms with E-state index in [0.717, 1.165) is 6.07 Å². The monoisotopic (exact) mass is 1050 g/mol. The predicted octanol–water partition coefficient (Wildman–Crippen LogP) is 19.0. The number of nitrogens with zero attached hydrogens (tertiary/aromatic N) is 2. The summed E-state index contributed by atoms with van der Waals surface area (Å²) in [7, 11) is 0. The molecular formula is C76H55BN2O. The molecule has 0 unspecified atom stereocenters. The Bertz CT molecular complexity index is 5870. The smallest absolute Gasteiger partial charge is 0.252 e. The van der Waals surface area contributed by atoms with Gasteiger partial charge in [-0.1, -0.05) is 269 Å². The Hall–Kier alpha value is -9.90. The number of fused-ring (bicyclic) bond motifs is 7. The van der Waals surface area contributed by atoms with Crippen molar-refractivity contribution in [2.75, 3.05) is 9.80 Å². The summed E-state index contributed by atoms with van der Waals surface area (Å²) in [6, 6.07) is 16.0. The van der Waals surface area contributed by atoms with Gasteiger partial charge in [0.1, 0.15) is 11.2 Å². The van der Waals surface area contributed by atoms with Gasteiger partial charge in [0.25, 0.3) is 6.71 Å². The van der Waals surface area contributed by atoms with Crippen molar-refractivity contribution in [3.63, 3.8) is 0 Å². The molecule has 0 atom stereocenters. The maximum Gasteiger partial charge on any atom is 0.252 e. The molecule has 0 bridgehead atoms. The lowest BCUT2D eigenvalue weighted by Crippen LogP contribution is -2.61. The van der Waals surface area contributed by atoms with Gasteiger partial charge < -0.3 is 14.2 Å². The third-order valence-corrected chi connectivity index (χ3v) is 14.9.